The normalized spacial score (nSPS) is 35.3. The molecule has 3 aliphatic carbocycles. The zero-order valence-electron chi connectivity index (χ0n) is 18.6. The molecule has 0 bridgehead atoms. The molecule has 29 heavy (non-hydrogen) atoms. The minimum absolute atomic E-state index is 0.247. The molecule has 0 saturated heterocycles. The third-order valence-electron chi connectivity index (χ3n) is 8.90. The van der Waals surface area contributed by atoms with E-state index in [0.29, 0.717) is 12.3 Å². The molecular weight excluding hydrogens is 362 g/mol. The van der Waals surface area contributed by atoms with Crippen LogP contribution in [-0.2, 0) is 6.42 Å². The summed E-state index contributed by atoms with van der Waals surface area (Å²) in [7, 11) is 0. The van der Waals surface area contributed by atoms with Crippen LogP contribution in [0.25, 0.3) is 0 Å². The van der Waals surface area contributed by atoms with Crippen LogP contribution in [0.3, 0.4) is 0 Å². The molecule has 1 aromatic rings. The highest BCUT2D eigenvalue weighted by Crippen LogP contribution is 2.51. The smallest absolute Gasteiger partial charge is 0.129 e. The molecule has 4 rings (SSSR count). The van der Waals surface area contributed by atoms with Gasteiger partial charge in [0.1, 0.15) is 11.6 Å². The minimum atomic E-state index is -0.341. The topological polar surface area (TPSA) is 0 Å². The highest BCUT2D eigenvalue weighted by atomic mass is 19.1. The first-order valence-corrected chi connectivity index (χ1v) is 12.6. The Hall–Kier alpha value is -0.920. The van der Waals surface area contributed by atoms with Gasteiger partial charge < -0.3 is 0 Å². The molecule has 3 aliphatic rings. The Morgan fingerprint density at radius 1 is 0.724 bits per heavy atom. The Bertz CT molecular complexity index is 650. The van der Waals surface area contributed by atoms with Gasteiger partial charge >= 0.3 is 0 Å². The van der Waals surface area contributed by atoms with Crippen LogP contribution in [0, 0.1) is 41.2 Å². The molecule has 0 aliphatic heterocycles. The van der Waals surface area contributed by atoms with Gasteiger partial charge in [-0.1, -0.05) is 39.5 Å². The maximum Gasteiger partial charge on any atom is 0.129 e. The van der Waals surface area contributed by atoms with Crippen molar-refractivity contribution in [2.75, 3.05) is 0 Å². The second kappa shape index (κ2) is 9.48. The minimum Gasteiger partial charge on any atom is -0.207 e. The maximum absolute atomic E-state index is 14.3. The van der Waals surface area contributed by atoms with Crippen LogP contribution in [0.4, 0.5) is 8.78 Å². The van der Waals surface area contributed by atoms with Gasteiger partial charge in [0.05, 0.1) is 0 Å². The van der Waals surface area contributed by atoms with Crippen LogP contribution >= 0.6 is 0 Å². The highest BCUT2D eigenvalue weighted by Gasteiger charge is 2.39. The van der Waals surface area contributed by atoms with Gasteiger partial charge in [0.15, 0.2) is 0 Å². The molecule has 4 unspecified atom stereocenters. The predicted octanol–water partition coefficient (Wildman–Crippen LogP) is 8.43. The summed E-state index contributed by atoms with van der Waals surface area (Å²) in [6.07, 6.45) is 16.8. The molecule has 0 nitrogen and oxygen atoms in total. The molecular formula is C27H40F2. The first-order valence-electron chi connectivity index (χ1n) is 12.6. The fraction of sp³-hybridized carbons (Fsp3) is 0.778. The van der Waals surface area contributed by atoms with Gasteiger partial charge in [-0.15, -0.1) is 0 Å². The zero-order valence-corrected chi connectivity index (χ0v) is 18.6. The molecule has 2 heteroatoms. The van der Waals surface area contributed by atoms with Crippen molar-refractivity contribution in [3.05, 3.63) is 34.9 Å². The Morgan fingerprint density at radius 3 is 1.90 bits per heavy atom. The summed E-state index contributed by atoms with van der Waals surface area (Å²) in [6.45, 7) is 4.14. The van der Waals surface area contributed by atoms with E-state index in [9.17, 15) is 8.78 Å². The highest BCUT2D eigenvalue weighted by molar-refractivity contribution is 5.29. The SMILES string of the molecule is CCCC1CCC(C2CCC3CC(c4cc(F)c(CC)c(F)c4)CCC3C2)CC1. The van der Waals surface area contributed by atoms with E-state index < -0.39 is 0 Å². The van der Waals surface area contributed by atoms with E-state index >= 15 is 0 Å². The molecule has 4 atom stereocenters. The lowest BCUT2D eigenvalue weighted by Crippen LogP contribution is -2.34. The van der Waals surface area contributed by atoms with E-state index in [1.54, 1.807) is 12.1 Å². The van der Waals surface area contributed by atoms with Crippen LogP contribution < -0.4 is 0 Å². The Morgan fingerprint density at radius 2 is 1.28 bits per heavy atom. The van der Waals surface area contributed by atoms with Crippen molar-refractivity contribution >= 4 is 0 Å². The molecule has 0 radical (unpaired) electrons. The van der Waals surface area contributed by atoms with Crippen molar-refractivity contribution in [1.82, 2.24) is 0 Å². The number of rotatable bonds is 5. The molecule has 3 saturated carbocycles. The number of hydrogen-bond donors (Lipinski definition) is 0. The van der Waals surface area contributed by atoms with E-state index in [4.69, 9.17) is 0 Å². The van der Waals surface area contributed by atoms with Crippen molar-refractivity contribution in [3.8, 4) is 0 Å². The molecule has 0 N–H and O–H groups in total. The average molecular weight is 403 g/mol. The van der Waals surface area contributed by atoms with Crippen LogP contribution in [0.15, 0.2) is 12.1 Å². The van der Waals surface area contributed by atoms with E-state index in [2.05, 4.69) is 6.92 Å². The Balaban J connectivity index is 1.33. The van der Waals surface area contributed by atoms with Crippen molar-refractivity contribution in [3.63, 3.8) is 0 Å². The molecule has 0 spiro atoms. The summed E-state index contributed by atoms with van der Waals surface area (Å²) < 4.78 is 28.6. The van der Waals surface area contributed by atoms with E-state index in [1.807, 2.05) is 6.92 Å². The fourth-order valence-corrected chi connectivity index (χ4v) is 7.21. The number of fused-ring (bicyclic) bond motifs is 1. The number of hydrogen-bond acceptors (Lipinski definition) is 0. The summed E-state index contributed by atoms with van der Waals surface area (Å²) in [5.41, 5.74) is 1.16. The largest absolute Gasteiger partial charge is 0.207 e. The van der Waals surface area contributed by atoms with Gasteiger partial charge in [-0.05, 0) is 111 Å². The average Bonchev–Trinajstić information content (AvgIpc) is 2.73. The lowest BCUT2D eigenvalue weighted by Gasteiger charge is -2.45. The third-order valence-corrected chi connectivity index (χ3v) is 8.90. The van der Waals surface area contributed by atoms with Crippen LogP contribution in [-0.4, -0.2) is 0 Å². The van der Waals surface area contributed by atoms with Gasteiger partial charge in [-0.25, -0.2) is 8.78 Å². The second-order valence-corrected chi connectivity index (χ2v) is 10.5. The molecule has 0 aromatic heterocycles. The van der Waals surface area contributed by atoms with Crippen molar-refractivity contribution in [1.29, 1.82) is 0 Å². The van der Waals surface area contributed by atoms with Crippen molar-refractivity contribution < 1.29 is 8.78 Å². The molecule has 162 valence electrons. The fourth-order valence-electron chi connectivity index (χ4n) is 7.21. The van der Waals surface area contributed by atoms with Crippen LogP contribution in [0.2, 0.25) is 0 Å². The summed E-state index contributed by atoms with van der Waals surface area (Å²) in [5, 5.41) is 0. The van der Waals surface area contributed by atoms with Crippen molar-refractivity contribution in [2.45, 2.75) is 103 Å². The summed E-state index contributed by atoms with van der Waals surface area (Å²) in [5.74, 6) is 4.25. The van der Waals surface area contributed by atoms with Crippen molar-refractivity contribution in [2.24, 2.45) is 29.6 Å². The van der Waals surface area contributed by atoms with Crippen LogP contribution in [0.5, 0.6) is 0 Å². The van der Waals surface area contributed by atoms with Gasteiger partial charge in [-0.3, -0.25) is 0 Å². The lowest BCUT2D eigenvalue weighted by atomic mass is 9.60. The lowest BCUT2D eigenvalue weighted by molar-refractivity contribution is 0.0711. The molecule has 3 fully saturated rings. The van der Waals surface area contributed by atoms with Gasteiger partial charge in [0, 0.05) is 5.56 Å². The quantitative estimate of drug-likeness (QED) is 0.463. The van der Waals surface area contributed by atoms with E-state index in [0.717, 1.165) is 48.0 Å². The van der Waals surface area contributed by atoms with Gasteiger partial charge in [-0.2, -0.15) is 0 Å². The van der Waals surface area contributed by atoms with Crippen LogP contribution in [0.1, 0.15) is 108 Å². The summed E-state index contributed by atoms with van der Waals surface area (Å²) >= 11 is 0. The molecule has 0 amide bonds. The van der Waals surface area contributed by atoms with E-state index in [-0.39, 0.29) is 17.2 Å². The van der Waals surface area contributed by atoms with E-state index in [1.165, 1.54) is 64.2 Å². The second-order valence-electron chi connectivity index (χ2n) is 10.5. The Kier molecular flexibility index (Phi) is 6.97. The Labute approximate surface area is 176 Å². The van der Waals surface area contributed by atoms with Gasteiger partial charge in [0.2, 0.25) is 0 Å². The van der Waals surface area contributed by atoms with Gasteiger partial charge in [0.25, 0.3) is 0 Å². The number of benzene rings is 1. The first-order chi connectivity index (χ1) is 14.1. The standard InChI is InChI=1S/C27H40F2/c1-3-5-18-6-8-19(9-7-18)20-10-11-22-15-23(13-12-21(22)14-20)24-16-26(28)25(4-2)27(29)17-24/h16-23H,3-15H2,1-2H3. The zero-order chi connectivity index (χ0) is 20.4. The number of halogens is 2. The molecule has 0 heterocycles. The predicted molar refractivity (Wildman–Crippen MR) is 117 cm³/mol. The molecule has 1 aromatic carbocycles. The summed E-state index contributed by atoms with van der Waals surface area (Å²) in [6, 6.07) is 3.26. The maximum atomic E-state index is 14.3. The first kappa shape index (κ1) is 21.3. The summed E-state index contributed by atoms with van der Waals surface area (Å²) in [4.78, 5) is 0. The third kappa shape index (κ3) is 4.72. The monoisotopic (exact) mass is 402 g/mol.